The van der Waals surface area contributed by atoms with Gasteiger partial charge in [-0.3, -0.25) is 0 Å². The highest BCUT2D eigenvalue weighted by Crippen LogP contribution is 2.17. The second-order valence-electron chi connectivity index (χ2n) is 7.58. The normalized spacial score (nSPS) is 22.8. The fourth-order valence-corrected chi connectivity index (χ4v) is 2.85. The number of hydrogen-bond donors (Lipinski definition) is 1. The van der Waals surface area contributed by atoms with Crippen molar-refractivity contribution in [3.63, 3.8) is 0 Å². The molecule has 4 heteroatoms. The first-order valence-corrected chi connectivity index (χ1v) is 8.45. The maximum absolute atomic E-state index is 12.1. The lowest BCUT2D eigenvalue weighted by Crippen LogP contribution is -2.51. The van der Waals surface area contributed by atoms with Crippen LogP contribution in [0.15, 0.2) is 0 Å². The summed E-state index contributed by atoms with van der Waals surface area (Å²) in [6.07, 6.45) is 4.43. The van der Waals surface area contributed by atoms with Gasteiger partial charge in [-0.2, -0.15) is 0 Å². The molecule has 0 spiro atoms. The molecule has 0 aromatic heterocycles. The third-order valence-corrected chi connectivity index (χ3v) is 4.05. The van der Waals surface area contributed by atoms with Crippen molar-refractivity contribution in [1.82, 2.24) is 10.2 Å². The largest absolute Gasteiger partial charge is 0.444 e. The second-order valence-corrected chi connectivity index (χ2v) is 7.58. The summed E-state index contributed by atoms with van der Waals surface area (Å²) in [4.78, 5) is 14.0. The minimum atomic E-state index is -0.415. The van der Waals surface area contributed by atoms with E-state index in [1.54, 1.807) is 0 Å². The van der Waals surface area contributed by atoms with Gasteiger partial charge in [0.05, 0.1) is 0 Å². The number of hydrogen-bond acceptors (Lipinski definition) is 3. The number of carbonyl (C=O) groups excluding carboxylic acids is 1. The summed E-state index contributed by atoms with van der Waals surface area (Å²) >= 11 is 0. The minimum Gasteiger partial charge on any atom is -0.444 e. The van der Waals surface area contributed by atoms with Crippen LogP contribution in [0.1, 0.15) is 67.2 Å². The highest BCUT2D eigenvalue weighted by Gasteiger charge is 2.28. The average Bonchev–Trinajstić information content (AvgIpc) is 2.36. The molecule has 1 aliphatic heterocycles. The van der Waals surface area contributed by atoms with E-state index in [2.05, 4.69) is 26.1 Å². The van der Waals surface area contributed by atoms with Gasteiger partial charge in [0.15, 0.2) is 0 Å². The lowest BCUT2D eigenvalue weighted by molar-refractivity contribution is 0.0183. The van der Waals surface area contributed by atoms with Crippen molar-refractivity contribution in [2.45, 2.75) is 84.9 Å². The molecular weight excluding hydrogens is 264 g/mol. The van der Waals surface area contributed by atoms with Crippen molar-refractivity contribution < 1.29 is 9.53 Å². The molecule has 1 aliphatic rings. The van der Waals surface area contributed by atoms with E-state index in [9.17, 15) is 4.79 Å². The van der Waals surface area contributed by atoms with E-state index in [4.69, 9.17) is 4.74 Å². The van der Waals surface area contributed by atoms with Crippen LogP contribution in [-0.4, -0.2) is 41.8 Å². The van der Waals surface area contributed by atoms with Crippen LogP contribution in [0.25, 0.3) is 0 Å². The van der Waals surface area contributed by atoms with E-state index in [1.807, 2.05) is 25.7 Å². The Morgan fingerprint density at radius 2 is 2.05 bits per heavy atom. The average molecular weight is 298 g/mol. The number of amides is 1. The zero-order valence-electron chi connectivity index (χ0n) is 14.7. The van der Waals surface area contributed by atoms with E-state index in [1.165, 1.54) is 12.8 Å². The van der Waals surface area contributed by atoms with Crippen LogP contribution >= 0.6 is 0 Å². The van der Waals surface area contributed by atoms with Gasteiger partial charge in [-0.15, -0.1) is 0 Å². The van der Waals surface area contributed by atoms with Crippen LogP contribution in [0.3, 0.4) is 0 Å². The molecule has 124 valence electrons. The summed E-state index contributed by atoms with van der Waals surface area (Å²) < 4.78 is 5.47. The van der Waals surface area contributed by atoms with Gasteiger partial charge in [0.25, 0.3) is 0 Å². The maximum atomic E-state index is 12.1. The molecule has 1 rings (SSSR count). The molecule has 1 fully saturated rings. The Morgan fingerprint density at radius 3 is 2.62 bits per heavy atom. The minimum absolute atomic E-state index is 0.177. The molecule has 1 saturated heterocycles. The van der Waals surface area contributed by atoms with E-state index in [-0.39, 0.29) is 6.09 Å². The molecule has 3 atom stereocenters. The van der Waals surface area contributed by atoms with Gasteiger partial charge in [0, 0.05) is 25.2 Å². The number of carbonyl (C=O) groups is 1. The molecule has 21 heavy (non-hydrogen) atoms. The summed E-state index contributed by atoms with van der Waals surface area (Å²) in [5.41, 5.74) is -0.415. The fourth-order valence-electron chi connectivity index (χ4n) is 2.85. The van der Waals surface area contributed by atoms with Crippen molar-refractivity contribution in [2.75, 3.05) is 13.1 Å². The van der Waals surface area contributed by atoms with E-state index < -0.39 is 5.60 Å². The van der Waals surface area contributed by atoms with Crippen LogP contribution in [0.4, 0.5) is 4.79 Å². The third kappa shape index (κ3) is 7.16. The molecule has 0 aromatic rings. The number of nitrogens with zero attached hydrogens (tertiary/aromatic N) is 1. The summed E-state index contributed by atoms with van der Waals surface area (Å²) in [6, 6.07) is 0.897. The van der Waals surface area contributed by atoms with Gasteiger partial charge < -0.3 is 15.0 Å². The summed E-state index contributed by atoms with van der Waals surface area (Å²) in [7, 11) is 0. The molecule has 1 N–H and O–H groups in total. The lowest BCUT2D eigenvalue weighted by Gasteiger charge is -2.36. The first-order valence-electron chi connectivity index (χ1n) is 8.45. The van der Waals surface area contributed by atoms with Gasteiger partial charge in [-0.1, -0.05) is 20.3 Å². The van der Waals surface area contributed by atoms with E-state index in [0.717, 1.165) is 31.8 Å². The zero-order valence-corrected chi connectivity index (χ0v) is 14.7. The topological polar surface area (TPSA) is 41.6 Å². The van der Waals surface area contributed by atoms with Crippen LogP contribution < -0.4 is 5.32 Å². The smallest absolute Gasteiger partial charge is 0.410 e. The number of rotatable bonds is 5. The van der Waals surface area contributed by atoms with Crippen LogP contribution in [0.5, 0.6) is 0 Å². The van der Waals surface area contributed by atoms with Gasteiger partial charge in [0.2, 0.25) is 0 Å². The Labute approximate surface area is 130 Å². The predicted molar refractivity (Wildman–Crippen MR) is 87.5 cm³/mol. The number of ether oxygens (including phenoxy) is 1. The Bertz CT molecular complexity index is 325. The maximum Gasteiger partial charge on any atom is 0.410 e. The molecule has 1 amide bonds. The van der Waals surface area contributed by atoms with Crippen molar-refractivity contribution in [3.8, 4) is 0 Å². The molecule has 1 heterocycles. The van der Waals surface area contributed by atoms with Crippen LogP contribution in [0.2, 0.25) is 0 Å². The van der Waals surface area contributed by atoms with E-state index >= 15 is 0 Å². The van der Waals surface area contributed by atoms with Crippen molar-refractivity contribution in [1.29, 1.82) is 0 Å². The fraction of sp³-hybridized carbons (Fsp3) is 0.941. The van der Waals surface area contributed by atoms with Gasteiger partial charge >= 0.3 is 6.09 Å². The standard InChI is InChI=1S/C17H34N2O2/c1-7-13(2)11-14(3)18-15-9-8-10-19(12-15)16(20)21-17(4,5)6/h13-15,18H,7-12H2,1-6H3. The number of nitrogens with one attached hydrogen (secondary N) is 1. The Kier molecular flexibility index (Phi) is 6.98. The monoisotopic (exact) mass is 298 g/mol. The quantitative estimate of drug-likeness (QED) is 0.839. The Hall–Kier alpha value is -0.770. The van der Waals surface area contributed by atoms with Gasteiger partial charge in [-0.25, -0.2) is 4.79 Å². The van der Waals surface area contributed by atoms with Gasteiger partial charge in [-0.05, 0) is 52.9 Å². The van der Waals surface area contributed by atoms with E-state index in [0.29, 0.717) is 12.1 Å². The van der Waals surface area contributed by atoms with Crippen molar-refractivity contribution >= 4 is 6.09 Å². The van der Waals surface area contributed by atoms with Crippen molar-refractivity contribution in [2.24, 2.45) is 5.92 Å². The molecule has 3 unspecified atom stereocenters. The molecule has 0 saturated carbocycles. The first-order chi connectivity index (χ1) is 9.71. The predicted octanol–water partition coefficient (Wildman–Crippen LogP) is 3.80. The Balaban J connectivity index is 2.43. The molecule has 0 radical (unpaired) electrons. The lowest BCUT2D eigenvalue weighted by atomic mass is 9.98. The summed E-state index contributed by atoms with van der Waals surface area (Å²) in [5, 5.41) is 3.68. The Morgan fingerprint density at radius 1 is 1.38 bits per heavy atom. The summed E-state index contributed by atoms with van der Waals surface area (Å²) in [6.45, 7) is 14.1. The molecular formula is C17H34N2O2. The second kappa shape index (κ2) is 8.02. The van der Waals surface area contributed by atoms with Crippen LogP contribution in [-0.2, 0) is 4.74 Å². The first kappa shape index (κ1) is 18.3. The summed E-state index contributed by atoms with van der Waals surface area (Å²) in [5.74, 6) is 0.748. The molecule has 0 aliphatic carbocycles. The molecule has 0 aromatic carbocycles. The highest BCUT2D eigenvalue weighted by atomic mass is 16.6. The molecule has 4 nitrogen and oxygen atoms in total. The highest BCUT2D eigenvalue weighted by molar-refractivity contribution is 5.68. The number of likely N-dealkylation sites (tertiary alicyclic amines) is 1. The van der Waals surface area contributed by atoms with Gasteiger partial charge in [0.1, 0.15) is 5.60 Å². The zero-order chi connectivity index (χ0) is 16.0. The number of piperidine rings is 1. The molecule has 0 bridgehead atoms. The van der Waals surface area contributed by atoms with Crippen LogP contribution in [0, 0.1) is 5.92 Å². The third-order valence-electron chi connectivity index (χ3n) is 4.05. The van der Waals surface area contributed by atoms with Crippen molar-refractivity contribution in [3.05, 3.63) is 0 Å². The SMILES string of the molecule is CCC(C)CC(C)NC1CCCN(C(=O)OC(C)(C)C)C1.